The van der Waals surface area contributed by atoms with Gasteiger partial charge in [-0.3, -0.25) is 9.59 Å². The number of rotatable bonds is 31. The van der Waals surface area contributed by atoms with Crippen LogP contribution in [0.25, 0.3) is 0 Å². The van der Waals surface area contributed by atoms with Crippen molar-refractivity contribution in [2.45, 2.75) is 198 Å². The van der Waals surface area contributed by atoms with Crippen LogP contribution in [0.1, 0.15) is 162 Å². The Morgan fingerprint density at radius 1 is 0.625 bits per heavy atom. The molecule has 0 spiro atoms. The maximum absolute atomic E-state index is 12.7. The largest absolute Gasteiger partial charge is 0.462 e. The summed E-state index contributed by atoms with van der Waals surface area (Å²) in [7, 11) is 0. The minimum absolute atomic E-state index is 0.216. The Hall–Kier alpha value is -1.56. The molecule has 10 nitrogen and oxygen atoms in total. The summed E-state index contributed by atoms with van der Waals surface area (Å²) in [5.74, 6) is -0.815. The lowest BCUT2D eigenvalue weighted by molar-refractivity contribution is -0.305. The minimum Gasteiger partial charge on any atom is -0.462 e. The zero-order valence-electron chi connectivity index (χ0n) is 30.2. The van der Waals surface area contributed by atoms with Gasteiger partial charge in [0.15, 0.2) is 12.4 Å². The standard InChI is InChI=1S/C38H70O10/c1-3-5-7-9-11-13-15-17-18-20-22-24-26-33(40)45-29-31(30-46-38-37(44)36(43)35(42)32(28-39)48-38)47-34(41)27-25-23-21-19-16-14-12-10-8-6-4-2/h10,12,31-32,35-39,42-44H,3-9,11,13-30H2,1-2H3/b12-10+/t31-,32-,35+,36?,37?,38-/m0/s1. The van der Waals surface area contributed by atoms with Gasteiger partial charge >= 0.3 is 11.9 Å². The van der Waals surface area contributed by atoms with Crippen molar-refractivity contribution in [3.8, 4) is 0 Å². The Kier molecular flexibility index (Phi) is 28.0. The van der Waals surface area contributed by atoms with Crippen molar-refractivity contribution in [2.75, 3.05) is 19.8 Å². The van der Waals surface area contributed by atoms with Gasteiger partial charge in [-0.2, -0.15) is 0 Å². The van der Waals surface area contributed by atoms with Crippen LogP contribution in [-0.2, 0) is 28.5 Å². The highest BCUT2D eigenvalue weighted by Crippen LogP contribution is 2.22. The van der Waals surface area contributed by atoms with Gasteiger partial charge in [0.2, 0.25) is 0 Å². The summed E-state index contributed by atoms with van der Waals surface area (Å²) in [5, 5.41) is 39.9. The first-order valence-corrected chi connectivity index (χ1v) is 19.3. The number of aliphatic hydroxyl groups excluding tert-OH is 4. The van der Waals surface area contributed by atoms with Gasteiger partial charge in [-0.15, -0.1) is 0 Å². The van der Waals surface area contributed by atoms with Gasteiger partial charge in [0.1, 0.15) is 31.0 Å². The van der Waals surface area contributed by atoms with E-state index in [4.69, 9.17) is 18.9 Å². The molecule has 1 rings (SSSR count). The summed E-state index contributed by atoms with van der Waals surface area (Å²) < 4.78 is 22.0. The van der Waals surface area contributed by atoms with E-state index in [1.165, 1.54) is 70.6 Å². The van der Waals surface area contributed by atoms with Gasteiger partial charge in [0.25, 0.3) is 0 Å². The molecule has 0 aromatic heterocycles. The molecule has 0 aromatic rings. The number of carbonyl (C=O) groups is 2. The fourth-order valence-corrected chi connectivity index (χ4v) is 5.76. The molecule has 2 unspecified atom stereocenters. The molecule has 1 aliphatic rings. The Morgan fingerprint density at radius 2 is 1.12 bits per heavy atom. The highest BCUT2D eigenvalue weighted by atomic mass is 16.7. The van der Waals surface area contributed by atoms with Crippen molar-refractivity contribution >= 4 is 11.9 Å². The number of hydrogen-bond acceptors (Lipinski definition) is 10. The molecule has 0 aliphatic carbocycles. The van der Waals surface area contributed by atoms with Crippen LogP contribution in [0.5, 0.6) is 0 Å². The van der Waals surface area contributed by atoms with Crippen molar-refractivity contribution in [3.63, 3.8) is 0 Å². The van der Waals surface area contributed by atoms with Gasteiger partial charge in [0, 0.05) is 12.8 Å². The fourth-order valence-electron chi connectivity index (χ4n) is 5.76. The average Bonchev–Trinajstić information content (AvgIpc) is 3.08. The quantitative estimate of drug-likeness (QED) is 0.0347. The Morgan fingerprint density at radius 3 is 1.69 bits per heavy atom. The lowest BCUT2D eigenvalue weighted by Crippen LogP contribution is -2.59. The van der Waals surface area contributed by atoms with Gasteiger partial charge in [0.05, 0.1) is 13.2 Å². The normalized spacial score (nSPS) is 21.8. The second-order valence-corrected chi connectivity index (χ2v) is 13.4. The molecule has 0 aromatic carbocycles. The van der Waals surface area contributed by atoms with Crippen LogP contribution in [-0.4, -0.2) is 89.0 Å². The molecule has 0 amide bonds. The molecule has 4 N–H and O–H groups in total. The Balaban J connectivity index is 2.40. The van der Waals surface area contributed by atoms with E-state index in [0.717, 1.165) is 57.8 Å². The van der Waals surface area contributed by atoms with Crippen LogP contribution in [0, 0.1) is 0 Å². The van der Waals surface area contributed by atoms with E-state index >= 15 is 0 Å². The molecule has 1 saturated heterocycles. The number of aliphatic hydroxyl groups is 4. The molecule has 48 heavy (non-hydrogen) atoms. The molecule has 1 aliphatic heterocycles. The minimum atomic E-state index is -1.59. The van der Waals surface area contributed by atoms with Gasteiger partial charge in [-0.25, -0.2) is 0 Å². The van der Waals surface area contributed by atoms with Crippen molar-refractivity contribution in [2.24, 2.45) is 0 Å². The van der Waals surface area contributed by atoms with Gasteiger partial charge in [-0.05, 0) is 32.1 Å². The second-order valence-electron chi connectivity index (χ2n) is 13.4. The third kappa shape index (κ3) is 22.2. The smallest absolute Gasteiger partial charge is 0.306 e. The van der Waals surface area contributed by atoms with Crippen LogP contribution in [0.4, 0.5) is 0 Å². The molecular weight excluding hydrogens is 616 g/mol. The number of esters is 2. The summed E-state index contributed by atoms with van der Waals surface area (Å²) in [4.78, 5) is 25.1. The molecule has 282 valence electrons. The summed E-state index contributed by atoms with van der Waals surface area (Å²) >= 11 is 0. The molecule has 1 fully saturated rings. The first-order chi connectivity index (χ1) is 23.3. The molecule has 0 radical (unpaired) electrons. The maximum Gasteiger partial charge on any atom is 0.306 e. The first-order valence-electron chi connectivity index (χ1n) is 19.3. The summed E-state index contributed by atoms with van der Waals surface area (Å²) in [5.41, 5.74) is 0. The summed E-state index contributed by atoms with van der Waals surface area (Å²) in [6.45, 7) is 3.35. The molecule has 0 saturated carbocycles. The van der Waals surface area contributed by atoms with Crippen LogP contribution in [0.2, 0.25) is 0 Å². The monoisotopic (exact) mass is 686 g/mol. The Labute approximate surface area is 291 Å². The van der Waals surface area contributed by atoms with E-state index < -0.39 is 49.4 Å². The summed E-state index contributed by atoms with van der Waals surface area (Å²) in [6.07, 6.45) is 20.8. The molecule has 10 heteroatoms. The molecular formula is C38H70O10. The number of carbonyl (C=O) groups excluding carboxylic acids is 2. The average molecular weight is 687 g/mol. The highest BCUT2D eigenvalue weighted by molar-refractivity contribution is 5.70. The number of ether oxygens (including phenoxy) is 4. The van der Waals surface area contributed by atoms with E-state index in [2.05, 4.69) is 26.0 Å². The fraction of sp³-hybridized carbons (Fsp3) is 0.895. The highest BCUT2D eigenvalue weighted by Gasteiger charge is 2.44. The van der Waals surface area contributed by atoms with Gasteiger partial charge in [-0.1, -0.05) is 129 Å². The van der Waals surface area contributed by atoms with Crippen molar-refractivity contribution in [3.05, 3.63) is 12.2 Å². The molecule has 1 heterocycles. The zero-order chi connectivity index (χ0) is 35.2. The van der Waals surface area contributed by atoms with Crippen LogP contribution >= 0.6 is 0 Å². The topological polar surface area (TPSA) is 152 Å². The Bertz CT molecular complexity index is 804. The van der Waals surface area contributed by atoms with Crippen LogP contribution in [0.15, 0.2) is 12.2 Å². The van der Waals surface area contributed by atoms with E-state index in [0.29, 0.717) is 6.42 Å². The van der Waals surface area contributed by atoms with Crippen LogP contribution < -0.4 is 0 Å². The third-order valence-electron chi connectivity index (χ3n) is 8.90. The van der Waals surface area contributed by atoms with E-state index in [9.17, 15) is 30.0 Å². The number of unbranched alkanes of at least 4 members (excludes halogenated alkanes) is 18. The predicted octanol–water partition coefficient (Wildman–Crippen LogP) is 6.83. The SMILES string of the molecule is CCCC/C=C/CCCCCCCC(=O)O[C@@H](COC(=O)CCCCCCCCCCCCCC)CO[C@H]1O[C@@H](CO)[C@@H](O)C(O)C1O. The van der Waals surface area contributed by atoms with E-state index in [1.807, 2.05) is 0 Å². The van der Waals surface area contributed by atoms with Crippen molar-refractivity contribution in [1.82, 2.24) is 0 Å². The number of hydrogen-bond donors (Lipinski definition) is 4. The van der Waals surface area contributed by atoms with Crippen LogP contribution in [0.3, 0.4) is 0 Å². The molecule has 6 atom stereocenters. The lowest BCUT2D eigenvalue weighted by Gasteiger charge is -2.39. The van der Waals surface area contributed by atoms with Crippen molar-refractivity contribution < 1.29 is 49.0 Å². The first kappa shape index (κ1) is 44.5. The van der Waals surface area contributed by atoms with Gasteiger partial charge < -0.3 is 39.4 Å². The van der Waals surface area contributed by atoms with Crippen molar-refractivity contribution in [1.29, 1.82) is 0 Å². The van der Waals surface area contributed by atoms with E-state index in [-0.39, 0.29) is 32.0 Å². The second kappa shape index (κ2) is 30.3. The maximum atomic E-state index is 12.7. The predicted molar refractivity (Wildman–Crippen MR) is 187 cm³/mol. The zero-order valence-corrected chi connectivity index (χ0v) is 30.2. The van der Waals surface area contributed by atoms with E-state index in [1.54, 1.807) is 0 Å². The number of allylic oxidation sites excluding steroid dienone is 2. The third-order valence-corrected chi connectivity index (χ3v) is 8.90. The lowest BCUT2D eigenvalue weighted by atomic mass is 9.99. The summed E-state index contributed by atoms with van der Waals surface area (Å²) in [6, 6.07) is 0. The molecule has 0 bridgehead atoms.